The molecule has 0 nitrogen and oxygen atoms in total. The first kappa shape index (κ1) is 14.3. The van der Waals surface area contributed by atoms with E-state index < -0.39 is 0 Å². The van der Waals surface area contributed by atoms with Gasteiger partial charge in [0.2, 0.25) is 0 Å². The van der Waals surface area contributed by atoms with Gasteiger partial charge in [-0.05, 0) is 55.2 Å². The van der Waals surface area contributed by atoms with Crippen molar-refractivity contribution >= 4 is 0 Å². The van der Waals surface area contributed by atoms with Gasteiger partial charge < -0.3 is 0 Å². The first-order valence-corrected chi connectivity index (χ1v) is 7.21. The van der Waals surface area contributed by atoms with Gasteiger partial charge in [0, 0.05) is 0 Å². The average molecular weight is 231 g/mol. The average Bonchev–Trinajstić information content (AvgIpc) is 2.34. The minimum Gasteiger partial charge on any atom is -0.0654 e. The van der Waals surface area contributed by atoms with Crippen molar-refractivity contribution in [3.8, 4) is 0 Å². The predicted octanol–water partition coefficient (Wildman–Crippen LogP) is 5.14. The Balaban J connectivity index is 2.76. The van der Waals surface area contributed by atoms with Crippen molar-refractivity contribution in [2.45, 2.75) is 65.2 Å². The molecule has 0 bridgehead atoms. The lowest BCUT2D eigenvalue weighted by Gasteiger charge is -2.09. The van der Waals surface area contributed by atoms with Crippen LogP contribution in [0.1, 0.15) is 62.6 Å². The van der Waals surface area contributed by atoms with Crippen molar-refractivity contribution in [3.05, 3.63) is 41.8 Å². The smallest absolute Gasteiger partial charge is 0.0279 e. The largest absolute Gasteiger partial charge is 0.0654 e. The maximum absolute atomic E-state index is 3.96. The maximum atomic E-state index is 3.96. The second kappa shape index (κ2) is 8.33. The fourth-order valence-electron chi connectivity index (χ4n) is 2.24. The molecule has 0 aliphatic rings. The highest BCUT2D eigenvalue weighted by molar-refractivity contribution is 5.30. The second-order valence-corrected chi connectivity index (χ2v) is 4.97. The van der Waals surface area contributed by atoms with Crippen molar-refractivity contribution in [3.63, 3.8) is 0 Å². The molecule has 1 radical (unpaired) electrons. The highest BCUT2D eigenvalue weighted by atomic mass is 14.1. The van der Waals surface area contributed by atoms with E-state index in [2.05, 4.69) is 39.0 Å². The molecule has 1 aromatic rings. The van der Waals surface area contributed by atoms with Crippen molar-refractivity contribution in [2.24, 2.45) is 0 Å². The van der Waals surface area contributed by atoms with Crippen LogP contribution in [0.5, 0.6) is 0 Å². The zero-order chi connectivity index (χ0) is 12.5. The SMILES string of the molecule is [CH2]CCc1cc(CCCC)cc(CCCC)c1. The van der Waals surface area contributed by atoms with Crippen LogP contribution in [0.25, 0.3) is 0 Å². The molecular weight excluding hydrogens is 204 g/mol. The van der Waals surface area contributed by atoms with Crippen LogP contribution in [0.2, 0.25) is 0 Å². The summed E-state index contributed by atoms with van der Waals surface area (Å²) < 4.78 is 0. The molecule has 0 aliphatic carbocycles. The Morgan fingerprint density at radius 1 is 0.765 bits per heavy atom. The molecule has 95 valence electrons. The molecule has 17 heavy (non-hydrogen) atoms. The molecule has 0 atom stereocenters. The van der Waals surface area contributed by atoms with Crippen LogP contribution in [-0.4, -0.2) is 0 Å². The van der Waals surface area contributed by atoms with Gasteiger partial charge in [0.25, 0.3) is 0 Å². The normalized spacial score (nSPS) is 10.8. The highest BCUT2D eigenvalue weighted by Gasteiger charge is 2.01. The lowest BCUT2D eigenvalue weighted by atomic mass is 9.97. The molecule has 0 heterocycles. The number of hydrogen-bond donors (Lipinski definition) is 0. The van der Waals surface area contributed by atoms with Gasteiger partial charge in [-0.2, -0.15) is 0 Å². The molecule has 0 fully saturated rings. The van der Waals surface area contributed by atoms with E-state index in [1.54, 1.807) is 0 Å². The van der Waals surface area contributed by atoms with E-state index in [1.807, 2.05) is 0 Å². The molecule has 0 heteroatoms. The minimum atomic E-state index is 1.00. The van der Waals surface area contributed by atoms with E-state index in [9.17, 15) is 0 Å². The summed E-state index contributed by atoms with van der Waals surface area (Å²) in [7, 11) is 0. The topological polar surface area (TPSA) is 0 Å². The molecule has 0 aromatic heterocycles. The Bertz CT molecular complexity index is 286. The summed E-state index contributed by atoms with van der Waals surface area (Å²) in [5, 5.41) is 0. The van der Waals surface area contributed by atoms with Gasteiger partial charge in [0.15, 0.2) is 0 Å². The number of rotatable bonds is 8. The van der Waals surface area contributed by atoms with Crippen LogP contribution in [0.3, 0.4) is 0 Å². The van der Waals surface area contributed by atoms with Crippen LogP contribution in [0.4, 0.5) is 0 Å². The van der Waals surface area contributed by atoms with Crippen molar-refractivity contribution in [1.29, 1.82) is 0 Å². The standard InChI is InChI=1S/C17H27/c1-4-7-10-16-12-15(9-6-3)13-17(14-16)11-8-5-2/h12-14H,3-11H2,1-2H3. The van der Waals surface area contributed by atoms with Gasteiger partial charge in [-0.3, -0.25) is 0 Å². The summed E-state index contributed by atoms with van der Waals surface area (Å²) in [6, 6.07) is 7.18. The first-order valence-electron chi connectivity index (χ1n) is 7.21. The molecule has 0 saturated heterocycles. The van der Waals surface area contributed by atoms with Gasteiger partial charge in [0.05, 0.1) is 0 Å². The van der Waals surface area contributed by atoms with E-state index in [-0.39, 0.29) is 0 Å². The number of benzene rings is 1. The van der Waals surface area contributed by atoms with Gasteiger partial charge >= 0.3 is 0 Å². The van der Waals surface area contributed by atoms with E-state index in [0.29, 0.717) is 0 Å². The molecule has 1 aromatic carbocycles. The number of aryl methyl sites for hydroxylation is 3. The van der Waals surface area contributed by atoms with E-state index in [0.717, 1.165) is 12.8 Å². The quantitative estimate of drug-likeness (QED) is 0.581. The van der Waals surface area contributed by atoms with Crippen LogP contribution in [0.15, 0.2) is 18.2 Å². The zero-order valence-electron chi connectivity index (χ0n) is 11.6. The third-order valence-corrected chi connectivity index (χ3v) is 3.22. The molecular formula is C17H27. The predicted molar refractivity (Wildman–Crippen MR) is 77.3 cm³/mol. The van der Waals surface area contributed by atoms with Gasteiger partial charge in [-0.1, -0.05) is 51.8 Å². The summed E-state index contributed by atoms with van der Waals surface area (Å²) >= 11 is 0. The minimum absolute atomic E-state index is 1.00. The van der Waals surface area contributed by atoms with Crippen LogP contribution in [0, 0.1) is 6.92 Å². The number of unbranched alkanes of at least 4 members (excludes halogenated alkanes) is 2. The van der Waals surface area contributed by atoms with Gasteiger partial charge in [-0.25, -0.2) is 0 Å². The summed E-state index contributed by atoms with van der Waals surface area (Å²) in [5.74, 6) is 0. The third kappa shape index (κ3) is 5.39. The molecule has 0 N–H and O–H groups in total. The van der Waals surface area contributed by atoms with E-state index in [1.165, 1.54) is 55.2 Å². The molecule has 0 spiro atoms. The summed E-state index contributed by atoms with van der Waals surface area (Å²) in [5.41, 5.74) is 4.55. The number of hydrogen-bond acceptors (Lipinski definition) is 0. The lowest BCUT2D eigenvalue weighted by molar-refractivity contribution is 0.777. The molecule has 1 rings (SSSR count). The van der Waals surface area contributed by atoms with Crippen LogP contribution in [-0.2, 0) is 19.3 Å². The monoisotopic (exact) mass is 231 g/mol. The Morgan fingerprint density at radius 2 is 1.18 bits per heavy atom. The lowest BCUT2D eigenvalue weighted by Crippen LogP contribution is -1.94. The maximum Gasteiger partial charge on any atom is -0.0279 e. The molecule has 0 aliphatic heterocycles. The van der Waals surface area contributed by atoms with Crippen molar-refractivity contribution < 1.29 is 0 Å². The van der Waals surface area contributed by atoms with Crippen molar-refractivity contribution in [2.75, 3.05) is 0 Å². The fourth-order valence-corrected chi connectivity index (χ4v) is 2.24. The van der Waals surface area contributed by atoms with Gasteiger partial charge in [-0.15, -0.1) is 0 Å². The van der Waals surface area contributed by atoms with Crippen LogP contribution < -0.4 is 0 Å². The second-order valence-electron chi connectivity index (χ2n) is 4.97. The molecule has 0 amide bonds. The fraction of sp³-hybridized carbons (Fsp3) is 0.588. The van der Waals surface area contributed by atoms with Gasteiger partial charge in [0.1, 0.15) is 0 Å². The zero-order valence-corrected chi connectivity index (χ0v) is 11.6. The highest BCUT2D eigenvalue weighted by Crippen LogP contribution is 2.16. The van der Waals surface area contributed by atoms with Crippen molar-refractivity contribution in [1.82, 2.24) is 0 Å². The van der Waals surface area contributed by atoms with E-state index in [4.69, 9.17) is 0 Å². The Kier molecular flexibility index (Phi) is 7.00. The Morgan fingerprint density at radius 3 is 1.53 bits per heavy atom. The van der Waals surface area contributed by atoms with Crippen LogP contribution >= 0.6 is 0 Å². The molecule has 0 unspecified atom stereocenters. The molecule has 0 saturated carbocycles. The summed E-state index contributed by atoms with van der Waals surface area (Å²) in [6.45, 7) is 8.49. The van der Waals surface area contributed by atoms with E-state index >= 15 is 0 Å². The third-order valence-electron chi connectivity index (χ3n) is 3.22. The Labute approximate surface area is 107 Å². The Hall–Kier alpha value is -0.780. The first-order chi connectivity index (χ1) is 8.30. The summed E-state index contributed by atoms with van der Waals surface area (Å²) in [4.78, 5) is 0. The summed E-state index contributed by atoms with van der Waals surface area (Å²) in [6.07, 6.45) is 9.78.